The molecule has 3 aromatic rings. The summed E-state index contributed by atoms with van der Waals surface area (Å²) in [5.74, 6) is -0.652. The number of carbonyl (C=O) groups is 2. The quantitative estimate of drug-likeness (QED) is 0.475. The second-order valence-electron chi connectivity index (χ2n) is 9.85. The first kappa shape index (κ1) is 25.7. The highest BCUT2D eigenvalue weighted by molar-refractivity contribution is 6.31. The maximum Gasteiger partial charge on any atom is 0.410 e. The first-order valence-electron chi connectivity index (χ1n) is 12.0. The topological polar surface area (TPSA) is 76.5 Å². The molecule has 1 aliphatic rings. The molecule has 2 heterocycles. The summed E-state index contributed by atoms with van der Waals surface area (Å²) in [4.78, 5) is 27.5. The fourth-order valence-electron chi connectivity index (χ4n) is 4.29. The Morgan fingerprint density at radius 1 is 1.11 bits per heavy atom. The van der Waals surface area contributed by atoms with Gasteiger partial charge in [-0.1, -0.05) is 29.8 Å². The number of halogens is 2. The van der Waals surface area contributed by atoms with Gasteiger partial charge in [-0.15, -0.1) is 0 Å². The SMILES string of the molecule is CC(C)(C)OC(=O)N1CCC(c2c(C(=O)NCc3ccccc3Cl)cnn2-c2ccc(F)cc2)CC1. The third-order valence-electron chi connectivity index (χ3n) is 6.05. The number of nitrogens with zero attached hydrogens (tertiary/aromatic N) is 3. The summed E-state index contributed by atoms with van der Waals surface area (Å²) < 4.78 is 20.8. The maximum atomic E-state index is 13.6. The number of nitrogens with one attached hydrogen (secondary N) is 1. The molecule has 0 bridgehead atoms. The number of amides is 2. The van der Waals surface area contributed by atoms with Crippen LogP contribution >= 0.6 is 11.6 Å². The summed E-state index contributed by atoms with van der Waals surface area (Å²) in [6.45, 7) is 6.78. The molecule has 7 nitrogen and oxygen atoms in total. The lowest BCUT2D eigenvalue weighted by molar-refractivity contribution is 0.0203. The number of ether oxygens (including phenoxy) is 1. The van der Waals surface area contributed by atoms with Crippen molar-refractivity contribution in [2.45, 2.75) is 51.7 Å². The predicted molar refractivity (Wildman–Crippen MR) is 136 cm³/mol. The van der Waals surface area contributed by atoms with E-state index < -0.39 is 5.60 Å². The molecule has 0 radical (unpaired) electrons. The smallest absolute Gasteiger partial charge is 0.410 e. The Morgan fingerprint density at radius 3 is 2.42 bits per heavy atom. The molecule has 1 fully saturated rings. The highest BCUT2D eigenvalue weighted by Crippen LogP contribution is 2.33. The maximum absolute atomic E-state index is 13.6. The van der Waals surface area contributed by atoms with Crippen LogP contribution in [0, 0.1) is 5.82 Å². The first-order valence-corrected chi connectivity index (χ1v) is 12.3. The van der Waals surface area contributed by atoms with Crippen molar-refractivity contribution in [2.75, 3.05) is 13.1 Å². The van der Waals surface area contributed by atoms with Gasteiger partial charge in [0, 0.05) is 30.6 Å². The summed E-state index contributed by atoms with van der Waals surface area (Å²) in [5, 5.41) is 8.01. The van der Waals surface area contributed by atoms with Gasteiger partial charge in [-0.2, -0.15) is 5.10 Å². The zero-order chi connectivity index (χ0) is 25.9. The average molecular weight is 513 g/mol. The molecule has 190 valence electrons. The Labute approximate surface area is 215 Å². The van der Waals surface area contributed by atoms with Crippen molar-refractivity contribution >= 4 is 23.6 Å². The zero-order valence-electron chi connectivity index (χ0n) is 20.6. The zero-order valence-corrected chi connectivity index (χ0v) is 21.4. The van der Waals surface area contributed by atoms with Crippen molar-refractivity contribution in [2.24, 2.45) is 0 Å². The number of aromatic nitrogens is 2. The van der Waals surface area contributed by atoms with Crippen LogP contribution in [0.5, 0.6) is 0 Å². The lowest BCUT2D eigenvalue weighted by atomic mass is 9.91. The summed E-state index contributed by atoms with van der Waals surface area (Å²) >= 11 is 6.24. The van der Waals surface area contributed by atoms with Gasteiger partial charge in [0.2, 0.25) is 0 Å². The molecule has 2 amide bonds. The van der Waals surface area contributed by atoms with Gasteiger partial charge >= 0.3 is 6.09 Å². The standard InChI is InChI=1S/C27H30ClFN4O3/c1-27(2,3)36-26(35)32-14-12-18(13-15-32)24-22(17-31-33(24)21-10-8-20(29)9-11-21)25(34)30-16-19-6-4-5-7-23(19)28/h4-11,17-18H,12-16H2,1-3H3,(H,30,34). The molecule has 36 heavy (non-hydrogen) atoms. The highest BCUT2D eigenvalue weighted by Gasteiger charge is 2.32. The van der Waals surface area contributed by atoms with Crippen LogP contribution in [-0.4, -0.2) is 45.4 Å². The van der Waals surface area contributed by atoms with E-state index in [4.69, 9.17) is 16.3 Å². The van der Waals surface area contributed by atoms with Crippen LogP contribution in [0.15, 0.2) is 54.7 Å². The number of rotatable bonds is 5. The average Bonchev–Trinajstić information content (AvgIpc) is 3.28. The molecule has 0 unspecified atom stereocenters. The summed E-state index contributed by atoms with van der Waals surface area (Å²) in [6.07, 6.45) is 2.47. The van der Waals surface area contributed by atoms with Gasteiger partial charge in [-0.05, 0) is 69.5 Å². The van der Waals surface area contributed by atoms with Gasteiger partial charge in [-0.25, -0.2) is 13.9 Å². The third kappa shape index (κ3) is 6.05. The Bertz CT molecular complexity index is 1230. The van der Waals surface area contributed by atoms with Crippen molar-refractivity contribution in [1.29, 1.82) is 0 Å². The van der Waals surface area contributed by atoms with Crippen molar-refractivity contribution in [3.05, 3.63) is 82.4 Å². The number of carbonyl (C=O) groups excluding carboxylic acids is 2. The summed E-state index contributed by atoms with van der Waals surface area (Å²) in [5.41, 5.74) is 2.09. The molecule has 1 saturated heterocycles. The van der Waals surface area contributed by atoms with Gasteiger partial charge < -0.3 is 15.0 Å². The molecule has 0 aliphatic carbocycles. The fraction of sp³-hybridized carbons (Fsp3) is 0.370. The van der Waals surface area contributed by atoms with Crippen LogP contribution in [0.4, 0.5) is 9.18 Å². The normalized spacial score (nSPS) is 14.5. The second-order valence-corrected chi connectivity index (χ2v) is 10.3. The molecule has 0 saturated carbocycles. The van der Waals surface area contributed by atoms with E-state index in [-0.39, 0.29) is 30.3 Å². The van der Waals surface area contributed by atoms with Gasteiger partial charge in [0.1, 0.15) is 11.4 Å². The third-order valence-corrected chi connectivity index (χ3v) is 6.42. The predicted octanol–water partition coefficient (Wildman–Crippen LogP) is 5.71. The lowest BCUT2D eigenvalue weighted by Crippen LogP contribution is -2.41. The monoisotopic (exact) mass is 512 g/mol. The Kier molecular flexibility index (Phi) is 7.64. The number of likely N-dealkylation sites (tertiary alicyclic amines) is 1. The van der Waals surface area contributed by atoms with Gasteiger partial charge in [0.25, 0.3) is 5.91 Å². The molecule has 0 spiro atoms. The molecule has 9 heteroatoms. The van der Waals surface area contributed by atoms with Crippen LogP contribution in [0.25, 0.3) is 5.69 Å². The molecular weight excluding hydrogens is 483 g/mol. The molecular formula is C27H30ClFN4O3. The van der Waals surface area contributed by atoms with E-state index in [1.54, 1.807) is 34.0 Å². The van der Waals surface area contributed by atoms with Gasteiger partial charge in [0.15, 0.2) is 0 Å². The first-order chi connectivity index (χ1) is 17.1. The number of piperidine rings is 1. The van der Waals surface area contributed by atoms with Crippen LogP contribution in [0.3, 0.4) is 0 Å². The Morgan fingerprint density at radius 2 is 1.78 bits per heavy atom. The van der Waals surface area contributed by atoms with Crippen LogP contribution in [0.2, 0.25) is 5.02 Å². The summed E-state index contributed by atoms with van der Waals surface area (Å²) in [7, 11) is 0. The second kappa shape index (κ2) is 10.7. The van der Waals surface area contributed by atoms with Gasteiger partial charge in [0.05, 0.1) is 23.1 Å². The van der Waals surface area contributed by atoms with E-state index in [0.717, 1.165) is 11.3 Å². The fourth-order valence-corrected chi connectivity index (χ4v) is 4.49. The van der Waals surface area contributed by atoms with E-state index in [1.165, 1.54) is 12.1 Å². The van der Waals surface area contributed by atoms with Crippen molar-refractivity contribution in [3.8, 4) is 5.69 Å². The Hall–Kier alpha value is -3.39. The number of hydrogen-bond donors (Lipinski definition) is 1. The largest absolute Gasteiger partial charge is 0.444 e. The summed E-state index contributed by atoms with van der Waals surface area (Å²) in [6, 6.07) is 13.3. The molecule has 0 atom stereocenters. The van der Waals surface area contributed by atoms with E-state index in [2.05, 4.69) is 10.4 Å². The van der Waals surface area contributed by atoms with Crippen LogP contribution in [-0.2, 0) is 11.3 Å². The van der Waals surface area contributed by atoms with Crippen molar-refractivity contribution in [3.63, 3.8) is 0 Å². The lowest BCUT2D eigenvalue weighted by Gasteiger charge is -2.34. The van der Waals surface area contributed by atoms with Crippen molar-refractivity contribution < 1.29 is 18.7 Å². The van der Waals surface area contributed by atoms with E-state index in [1.807, 2.05) is 39.0 Å². The van der Waals surface area contributed by atoms with Crippen LogP contribution < -0.4 is 5.32 Å². The number of hydrogen-bond acceptors (Lipinski definition) is 4. The molecule has 4 rings (SSSR count). The minimum atomic E-state index is -0.567. The molecule has 1 aromatic heterocycles. The number of benzene rings is 2. The highest BCUT2D eigenvalue weighted by atomic mass is 35.5. The van der Waals surface area contributed by atoms with E-state index in [0.29, 0.717) is 42.2 Å². The minimum Gasteiger partial charge on any atom is -0.444 e. The van der Waals surface area contributed by atoms with Gasteiger partial charge in [-0.3, -0.25) is 4.79 Å². The molecule has 2 aromatic carbocycles. The van der Waals surface area contributed by atoms with Crippen LogP contribution in [0.1, 0.15) is 61.1 Å². The van der Waals surface area contributed by atoms with E-state index in [9.17, 15) is 14.0 Å². The minimum absolute atomic E-state index is 0.0303. The Balaban J connectivity index is 1.57. The molecule has 1 N–H and O–H groups in total. The van der Waals surface area contributed by atoms with Crippen molar-refractivity contribution in [1.82, 2.24) is 20.0 Å². The molecule has 1 aliphatic heterocycles. The van der Waals surface area contributed by atoms with E-state index >= 15 is 0 Å².